The molecule has 104 valence electrons. The molecule has 6 heteroatoms. The van der Waals surface area contributed by atoms with E-state index in [0.29, 0.717) is 12.8 Å². The Bertz CT molecular complexity index is 502. The van der Waals surface area contributed by atoms with Crippen LogP contribution in [-0.4, -0.2) is 12.5 Å². The Morgan fingerprint density at radius 3 is 2.53 bits per heavy atom. The number of nitrogens with two attached hydrogens (primary N) is 1. The van der Waals surface area contributed by atoms with Crippen molar-refractivity contribution < 1.29 is 13.6 Å². The van der Waals surface area contributed by atoms with Gasteiger partial charge in [0, 0.05) is 12.6 Å². The molecular formula is C13H15BrF2N2O. The lowest BCUT2D eigenvalue weighted by Gasteiger charge is -2.25. The molecule has 0 spiro atoms. The highest BCUT2D eigenvalue weighted by Crippen LogP contribution is 2.38. The smallest absolute Gasteiger partial charge is 0.231 e. The number of hydrogen-bond donors (Lipinski definition) is 2. The van der Waals surface area contributed by atoms with Crippen molar-refractivity contribution in [2.45, 2.75) is 25.7 Å². The lowest BCUT2D eigenvalue weighted by Crippen LogP contribution is -2.40. The topological polar surface area (TPSA) is 55.1 Å². The van der Waals surface area contributed by atoms with Crippen LogP contribution in [-0.2, 0) is 4.79 Å². The van der Waals surface area contributed by atoms with Crippen LogP contribution in [0.25, 0.3) is 0 Å². The van der Waals surface area contributed by atoms with Gasteiger partial charge in [-0.1, -0.05) is 12.8 Å². The zero-order valence-corrected chi connectivity index (χ0v) is 11.9. The second-order valence-electron chi connectivity index (χ2n) is 4.89. The summed E-state index contributed by atoms with van der Waals surface area (Å²) in [5.41, 5.74) is 5.04. The van der Waals surface area contributed by atoms with E-state index in [1.54, 1.807) is 0 Å². The molecule has 0 bridgehead atoms. The fraction of sp³-hybridized carbons (Fsp3) is 0.462. The molecular weight excluding hydrogens is 318 g/mol. The lowest BCUT2D eigenvalue weighted by atomic mass is 9.85. The van der Waals surface area contributed by atoms with Crippen LogP contribution in [0.2, 0.25) is 0 Å². The number of anilines is 1. The number of nitrogens with one attached hydrogen (secondary N) is 1. The number of hydrogen-bond acceptors (Lipinski definition) is 2. The van der Waals surface area contributed by atoms with Crippen molar-refractivity contribution in [1.29, 1.82) is 0 Å². The zero-order valence-electron chi connectivity index (χ0n) is 10.3. The van der Waals surface area contributed by atoms with Gasteiger partial charge in [0.1, 0.15) is 11.6 Å². The maximum absolute atomic E-state index is 13.6. The predicted octanol–water partition coefficient (Wildman–Crippen LogP) is 3.18. The van der Waals surface area contributed by atoms with Gasteiger partial charge in [-0.2, -0.15) is 0 Å². The highest BCUT2D eigenvalue weighted by atomic mass is 79.9. The molecule has 1 aliphatic carbocycles. The van der Waals surface area contributed by atoms with E-state index in [0.717, 1.165) is 18.9 Å². The van der Waals surface area contributed by atoms with Crippen LogP contribution in [0, 0.1) is 17.0 Å². The first-order valence-corrected chi connectivity index (χ1v) is 6.94. The third-order valence-corrected chi connectivity index (χ3v) is 4.30. The van der Waals surface area contributed by atoms with Crippen molar-refractivity contribution in [3.05, 3.63) is 28.2 Å². The van der Waals surface area contributed by atoms with E-state index >= 15 is 0 Å². The van der Waals surface area contributed by atoms with Gasteiger partial charge in [0.05, 0.1) is 15.6 Å². The van der Waals surface area contributed by atoms with E-state index in [2.05, 4.69) is 21.2 Å². The second-order valence-corrected chi connectivity index (χ2v) is 5.75. The molecule has 1 aliphatic rings. The Balaban J connectivity index is 2.21. The minimum atomic E-state index is -0.792. The number of carbonyl (C=O) groups excluding carboxylic acids is 1. The van der Waals surface area contributed by atoms with E-state index in [4.69, 9.17) is 5.73 Å². The Labute approximate surface area is 118 Å². The number of carbonyl (C=O) groups is 1. The van der Waals surface area contributed by atoms with E-state index < -0.39 is 17.0 Å². The van der Waals surface area contributed by atoms with Crippen LogP contribution >= 0.6 is 15.9 Å². The summed E-state index contributed by atoms with van der Waals surface area (Å²) < 4.78 is 26.8. The Hall–Kier alpha value is -1.01. The average Bonchev–Trinajstić information content (AvgIpc) is 2.86. The summed E-state index contributed by atoms with van der Waals surface area (Å²) in [5.74, 6) is -1.78. The largest absolute Gasteiger partial charge is 0.329 e. The molecule has 3 N–H and O–H groups in total. The minimum Gasteiger partial charge on any atom is -0.329 e. The number of halogens is 3. The van der Waals surface area contributed by atoms with Crippen molar-refractivity contribution in [2.24, 2.45) is 11.1 Å². The zero-order chi connectivity index (χ0) is 14.0. The molecule has 1 aromatic carbocycles. The predicted molar refractivity (Wildman–Crippen MR) is 72.6 cm³/mol. The van der Waals surface area contributed by atoms with Gasteiger partial charge < -0.3 is 11.1 Å². The number of rotatable bonds is 3. The Morgan fingerprint density at radius 2 is 1.95 bits per heavy atom. The van der Waals surface area contributed by atoms with Gasteiger partial charge in [-0.3, -0.25) is 4.79 Å². The normalized spacial score (nSPS) is 17.5. The summed E-state index contributed by atoms with van der Waals surface area (Å²) in [5, 5.41) is 2.52. The molecule has 3 nitrogen and oxygen atoms in total. The molecule has 0 unspecified atom stereocenters. The molecule has 1 fully saturated rings. The first-order chi connectivity index (χ1) is 8.98. The first kappa shape index (κ1) is 14.4. The summed E-state index contributed by atoms with van der Waals surface area (Å²) in [6.07, 6.45) is 3.30. The fourth-order valence-corrected chi connectivity index (χ4v) is 2.79. The van der Waals surface area contributed by atoms with E-state index in [-0.39, 0.29) is 22.6 Å². The van der Waals surface area contributed by atoms with Gasteiger partial charge in [-0.05, 0) is 34.8 Å². The fourth-order valence-electron chi connectivity index (χ4n) is 2.45. The van der Waals surface area contributed by atoms with Gasteiger partial charge in [0.25, 0.3) is 0 Å². The van der Waals surface area contributed by atoms with E-state index in [9.17, 15) is 13.6 Å². The number of benzene rings is 1. The third-order valence-electron chi connectivity index (χ3n) is 3.69. The molecule has 0 heterocycles. The summed E-state index contributed by atoms with van der Waals surface area (Å²) in [6.45, 7) is 0.239. The molecule has 19 heavy (non-hydrogen) atoms. The van der Waals surface area contributed by atoms with Gasteiger partial charge in [0.2, 0.25) is 5.91 Å². The molecule has 1 saturated carbocycles. The van der Waals surface area contributed by atoms with Crippen molar-refractivity contribution >= 4 is 27.5 Å². The molecule has 0 saturated heterocycles. The summed E-state index contributed by atoms with van der Waals surface area (Å²) in [7, 11) is 0. The van der Waals surface area contributed by atoms with Gasteiger partial charge in [0.15, 0.2) is 0 Å². The van der Waals surface area contributed by atoms with Crippen molar-refractivity contribution in [2.75, 3.05) is 11.9 Å². The average molecular weight is 333 g/mol. The molecule has 0 aliphatic heterocycles. The monoisotopic (exact) mass is 332 g/mol. The van der Waals surface area contributed by atoms with Crippen molar-refractivity contribution in [3.63, 3.8) is 0 Å². The molecule has 1 aromatic rings. The minimum absolute atomic E-state index is 0.0296. The molecule has 0 radical (unpaired) electrons. The van der Waals surface area contributed by atoms with Crippen LogP contribution in [0.5, 0.6) is 0 Å². The molecule has 1 amide bonds. The first-order valence-electron chi connectivity index (χ1n) is 6.14. The highest BCUT2D eigenvalue weighted by molar-refractivity contribution is 9.10. The molecule has 0 aromatic heterocycles. The highest BCUT2D eigenvalue weighted by Gasteiger charge is 2.40. The quantitative estimate of drug-likeness (QED) is 0.835. The van der Waals surface area contributed by atoms with E-state index in [1.807, 2.05) is 0 Å². The van der Waals surface area contributed by atoms with Gasteiger partial charge in [-0.25, -0.2) is 8.78 Å². The lowest BCUT2D eigenvalue weighted by molar-refractivity contribution is -0.124. The van der Waals surface area contributed by atoms with Crippen LogP contribution in [0.4, 0.5) is 14.5 Å². The Morgan fingerprint density at radius 1 is 1.32 bits per heavy atom. The van der Waals surface area contributed by atoms with Crippen LogP contribution in [0.3, 0.4) is 0 Å². The second kappa shape index (κ2) is 5.54. The van der Waals surface area contributed by atoms with Gasteiger partial charge >= 0.3 is 0 Å². The maximum atomic E-state index is 13.6. The van der Waals surface area contributed by atoms with Crippen molar-refractivity contribution in [1.82, 2.24) is 0 Å². The third kappa shape index (κ3) is 2.79. The SMILES string of the molecule is NCC1(C(=O)Nc2cc(Br)c(F)cc2F)CCCC1. The van der Waals surface area contributed by atoms with Gasteiger partial charge in [-0.15, -0.1) is 0 Å². The molecule has 2 rings (SSSR count). The summed E-state index contributed by atoms with van der Waals surface area (Å²) in [4.78, 5) is 12.2. The van der Waals surface area contributed by atoms with Crippen LogP contribution in [0.15, 0.2) is 16.6 Å². The van der Waals surface area contributed by atoms with E-state index in [1.165, 1.54) is 6.07 Å². The molecule has 0 atom stereocenters. The summed E-state index contributed by atoms with van der Waals surface area (Å²) in [6, 6.07) is 1.96. The van der Waals surface area contributed by atoms with Crippen LogP contribution in [0.1, 0.15) is 25.7 Å². The Kier molecular flexibility index (Phi) is 4.20. The van der Waals surface area contributed by atoms with Crippen molar-refractivity contribution in [3.8, 4) is 0 Å². The maximum Gasteiger partial charge on any atom is 0.231 e. The number of amides is 1. The summed E-state index contributed by atoms with van der Waals surface area (Å²) >= 11 is 2.97. The standard InChI is InChI=1S/C13H15BrF2N2O/c14-8-5-11(10(16)6-9(8)15)18-12(19)13(7-17)3-1-2-4-13/h5-6H,1-4,7,17H2,(H,18,19). The van der Waals surface area contributed by atoms with Crippen LogP contribution < -0.4 is 11.1 Å².